The number of carboxylic acid groups (broad SMARTS) is 1. The molecule has 0 saturated heterocycles. The fourth-order valence-electron chi connectivity index (χ4n) is 3.10. The quantitative estimate of drug-likeness (QED) is 0.265. The molecule has 0 radical (unpaired) electrons. The van der Waals surface area contributed by atoms with Gasteiger partial charge in [0, 0.05) is 6.54 Å². The van der Waals surface area contributed by atoms with E-state index in [0.29, 0.717) is 13.0 Å². The maximum Gasteiger partial charge on any atom is 0.320 e. The zero-order valence-corrected chi connectivity index (χ0v) is 17.8. The number of carbonyl (C=O) groups is 2. The molecule has 2 N–H and O–H groups in total. The van der Waals surface area contributed by atoms with E-state index in [1.54, 1.807) is 25.1 Å². The Balaban J connectivity index is 3.51. The van der Waals surface area contributed by atoms with Gasteiger partial charge in [-0.1, -0.05) is 64.4 Å². The zero-order chi connectivity index (χ0) is 20.3. The van der Waals surface area contributed by atoms with Crippen molar-refractivity contribution in [2.24, 2.45) is 0 Å². The fourth-order valence-corrected chi connectivity index (χ4v) is 3.10. The molecule has 0 saturated carbocycles. The van der Waals surface area contributed by atoms with E-state index in [1.165, 1.54) is 51.4 Å². The average molecular weight is 383 g/mol. The number of amides is 1. The summed E-state index contributed by atoms with van der Waals surface area (Å²) in [5.74, 6) is -0.836. The number of hydrogen-bond donors (Lipinski definition) is 2. The summed E-state index contributed by atoms with van der Waals surface area (Å²) in [4.78, 5) is 24.5. The van der Waals surface area contributed by atoms with Gasteiger partial charge in [0.15, 0.2) is 0 Å². The van der Waals surface area contributed by atoms with Gasteiger partial charge in [-0.3, -0.25) is 14.5 Å². The number of allylic oxidation sites excluding steroid dienone is 1. The van der Waals surface area contributed by atoms with Crippen LogP contribution in [0.3, 0.4) is 0 Å². The number of rotatable bonds is 18. The predicted molar refractivity (Wildman–Crippen MR) is 113 cm³/mol. The Morgan fingerprint density at radius 2 is 1.52 bits per heavy atom. The van der Waals surface area contributed by atoms with E-state index < -0.39 is 12.0 Å². The Morgan fingerprint density at radius 1 is 0.926 bits per heavy atom. The van der Waals surface area contributed by atoms with Gasteiger partial charge >= 0.3 is 5.97 Å². The third-order valence-corrected chi connectivity index (χ3v) is 4.86. The van der Waals surface area contributed by atoms with E-state index in [0.717, 1.165) is 25.7 Å². The lowest BCUT2D eigenvalue weighted by Gasteiger charge is -2.19. The van der Waals surface area contributed by atoms with Crippen LogP contribution in [-0.2, 0) is 9.59 Å². The number of aliphatic carboxylic acids is 1. The number of carboxylic acids is 1. The molecule has 0 spiro atoms. The lowest BCUT2D eigenvalue weighted by Crippen LogP contribution is -2.35. The van der Waals surface area contributed by atoms with Crippen molar-refractivity contribution in [1.29, 1.82) is 0 Å². The van der Waals surface area contributed by atoms with E-state index in [9.17, 15) is 9.59 Å². The Bertz CT molecular complexity index is 408. The maximum atomic E-state index is 11.7. The normalized spacial score (nSPS) is 12.6. The summed E-state index contributed by atoms with van der Waals surface area (Å²) >= 11 is 0. The molecule has 0 aromatic rings. The fraction of sp³-hybridized carbons (Fsp3) is 0.818. The molecule has 5 heteroatoms. The Hall–Kier alpha value is -1.36. The van der Waals surface area contributed by atoms with E-state index in [2.05, 4.69) is 12.2 Å². The molecule has 158 valence electrons. The summed E-state index contributed by atoms with van der Waals surface area (Å²) < 4.78 is 0. The molecule has 0 aromatic heterocycles. The molecular formula is C22H42N2O3. The molecule has 0 aliphatic carbocycles. The second-order valence-electron chi connectivity index (χ2n) is 7.62. The molecule has 0 fully saturated rings. The maximum absolute atomic E-state index is 11.7. The number of nitrogens with one attached hydrogen (secondary N) is 1. The van der Waals surface area contributed by atoms with Gasteiger partial charge < -0.3 is 10.4 Å². The first-order chi connectivity index (χ1) is 13.0. The summed E-state index contributed by atoms with van der Waals surface area (Å²) in [7, 11) is 3.55. The summed E-state index contributed by atoms with van der Waals surface area (Å²) in [5.41, 5.74) is 0. The second-order valence-corrected chi connectivity index (χ2v) is 7.62. The van der Waals surface area contributed by atoms with Crippen molar-refractivity contribution in [3.63, 3.8) is 0 Å². The number of likely N-dealkylation sites (N-methyl/N-ethyl adjacent to an activating group) is 1. The standard InChI is InChI=1S/C22H42N2O3/c1-4-5-6-7-8-9-10-11-12-13-14-18-21(25)23-19-16-15-17-20(22(26)27)24(2)3/h14,18,20H,4-13,15-17,19H2,1-3H3,(H,23,25)(H,26,27)/b18-14+/t20-/m0/s1. The van der Waals surface area contributed by atoms with Crippen molar-refractivity contribution in [3.05, 3.63) is 12.2 Å². The molecular weight excluding hydrogens is 340 g/mol. The molecule has 0 bridgehead atoms. The van der Waals surface area contributed by atoms with Gasteiger partial charge in [-0.05, 0) is 52.3 Å². The Morgan fingerprint density at radius 3 is 2.07 bits per heavy atom. The van der Waals surface area contributed by atoms with Gasteiger partial charge in [-0.25, -0.2) is 0 Å². The van der Waals surface area contributed by atoms with Crippen molar-refractivity contribution in [3.8, 4) is 0 Å². The van der Waals surface area contributed by atoms with E-state index in [4.69, 9.17) is 5.11 Å². The van der Waals surface area contributed by atoms with E-state index in [-0.39, 0.29) is 5.91 Å². The highest BCUT2D eigenvalue weighted by Gasteiger charge is 2.18. The van der Waals surface area contributed by atoms with E-state index in [1.807, 2.05) is 6.08 Å². The molecule has 5 nitrogen and oxygen atoms in total. The first-order valence-electron chi connectivity index (χ1n) is 10.8. The molecule has 0 aliphatic heterocycles. The topological polar surface area (TPSA) is 69.6 Å². The van der Waals surface area contributed by atoms with Gasteiger partial charge in [-0.2, -0.15) is 0 Å². The summed E-state index contributed by atoms with van der Waals surface area (Å²) in [6.07, 6.45) is 18.6. The van der Waals surface area contributed by atoms with Crippen LogP contribution in [0.1, 0.15) is 90.4 Å². The minimum Gasteiger partial charge on any atom is -0.480 e. The van der Waals surface area contributed by atoms with Crippen LogP contribution in [0.4, 0.5) is 0 Å². The molecule has 0 aliphatic rings. The van der Waals surface area contributed by atoms with Crippen molar-refractivity contribution in [2.45, 2.75) is 96.4 Å². The predicted octanol–water partition coefficient (Wildman–Crippen LogP) is 4.76. The highest BCUT2D eigenvalue weighted by molar-refractivity contribution is 5.87. The number of unbranched alkanes of at least 4 members (excludes halogenated alkanes) is 10. The minimum absolute atomic E-state index is 0.0479. The summed E-state index contributed by atoms with van der Waals surface area (Å²) in [6, 6.07) is -0.447. The van der Waals surface area contributed by atoms with Crippen molar-refractivity contribution < 1.29 is 14.7 Å². The first-order valence-corrected chi connectivity index (χ1v) is 10.8. The zero-order valence-electron chi connectivity index (χ0n) is 17.8. The summed E-state index contributed by atoms with van der Waals surface area (Å²) in [5, 5.41) is 12.0. The molecule has 0 unspecified atom stereocenters. The molecule has 0 heterocycles. The van der Waals surface area contributed by atoms with Crippen LogP contribution < -0.4 is 5.32 Å². The van der Waals surface area contributed by atoms with Crippen LogP contribution in [-0.4, -0.2) is 48.6 Å². The van der Waals surface area contributed by atoms with Gasteiger partial charge in [0.1, 0.15) is 6.04 Å². The Labute approximate surface area is 166 Å². The third-order valence-electron chi connectivity index (χ3n) is 4.86. The van der Waals surface area contributed by atoms with Crippen molar-refractivity contribution in [2.75, 3.05) is 20.6 Å². The monoisotopic (exact) mass is 382 g/mol. The van der Waals surface area contributed by atoms with Crippen LogP contribution in [0.2, 0.25) is 0 Å². The van der Waals surface area contributed by atoms with Gasteiger partial charge in [0.25, 0.3) is 0 Å². The van der Waals surface area contributed by atoms with Gasteiger partial charge in [0.05, 0.1) is 0 Å². The van der Waals surface area contributed by atoms with Crippen LogP contribution in [0.15, 0.2) is 12.2 Å². The van der Waals surface area contributed by atoms with Crippen LogP contribution >= 0.6 is 0 Å². The lowest BCUT2D eigenvalue weighted by molar-refractivity contribution is -0.142. The van der Waals surface area contributed by atoms with Gasteiger partial charge in [0.2, 0.25) is 5.91 Å². The smallest absolute Gasteiger partial charge is 0.320 e. The Kier molecular flexibility index (Phi) is 17.1. The SMILES string of the molecule is CCCCCCCCCCC/C=C/C(=O)NCCCC[C@@H](C(=O)O)N(C)C. The molecule has 1 atom stereocenters. The number of hydrogen-bond acceptors (Lipinski definition) is 3. The number of carbonyl (C=O) groups excluding carboxylic acids is 1. The second kappa shape index (κ2) is 18.0. The molecule has 1 amide bonds. The van der Waals surface area contributed by atoms with E-state index >= 15 is 0 Å². The minimum atomic E-state index is -0.788. The molecule has 0 aromatic carbocycles. The van der Waals surface area contributed by atoms with Crippen molar-refractivity contribution in [1.82, 2.24) is 10.2 Å². The highest BCUT2D eigenvalue weighted by Crippen LogP contribution is 2.10. The lowest BCUT2D eigenvalue weighted by atomic mass is 10.1. The van der Waals surface area contributed by atoms with Crippen LogP contribution in [0, 0.1) is 0 Å². The van der Waals surface area contributed by atoms with Crippen LogP contribution in [0.5, 0.6) is 0 Å². The number of nitrogens with zero attached hydrogens (tertiary/aromatic N) is 1. The largest absolute Gasteiger partial charge is 0.480 e. The average Bonchev–Trinajstić information content (AvgIpc) is 2.61. The van der Waals surface area contributed by atoms with Crippen molar-refractivity contribution >= 4 is 11.9 Å². The third kappa shape index (κ3) is 16.5. The van der Waals surface area contributed by atoms with Gasteiger partial charge in [-0.15, -0.1) is 0 Å². The first kappa shape index (κ1) is 25.6. The highest BCUT2D eigenvalue weighted by atomic mass is 16.4. The summed E-state index contributed by atoms with van der Waals surface area (Å²) in [6.45, 7) is 2.84. The molecule has 0 rings (SSSR count). The molecule has 27 heavy (non-hydrogen) atoms. The van der Waals surface area contributed by atoms with Crippen LogP contribution in [0.25, 0.3) is 0 Å².